The number of aromatic nitrogens is 1. The second kappa shape index (κ2) is 13.5. The van der Waals surface area contributed by atoms with Gasteiger partial charge in [-0.3, -0.25) is 0 Å². The van der Waals surface area contributed by atoms with Crippen molar-refractivity contribution >= 4 is 76.8 Å². The molecule has 1 heterocycles. The lowest BCUT2D eigenvalue weighted by molar-refractivity contribution is 1.04. The van der Waals surface area contributed by atoms with Gasteiger partial charge < -0.3 is 9.47 Å². The Morgan fingerprint density at radius 1 is 0.474 bits per heavy atom. The van der Waals surface area contributed by atoms with Crippen LogP contribution in [0.25, 0.3) is 76.5 Å². The van der Waals surface area contributed by atoms with Crippen molar-refractivity contribution in [1.82, 2.24) is 4.57 Å². The van der Waals surface area contributed by atoms with E-state index in [0.717, 1.165) is 35.6 Å². The molecule has 2 heteroatoms. The molecule has 0 spiro atoms. The van der Waals surface area contributed by atoms with Gasteiger partial charge in [0.05, 0.1) is 16.7 Å². The normalized spacial score (nSPS) is 12.9. The van der Waals surface area contributed by atoms with E-state index in [4.69, 9.17) is 0 Å². The van der Waals surface area contributed by atoms with Gasteiger partial charge in [0, 0.05) is 27.8 Å². The smallest absolute Gasteiger partial charge is 0.0562 e. The first kappa shape index (κ1) is 33.2. The summed E-state index contributed by atoms with van der Waals surface area (Å²) in [5.41, 5.74) is 13.2. The van der Waals surface area contributed by atoms with Crippen molar-refractivity contribution in [2.45, 2.75) is 19.8 Å². The standard InChI is InChI=1S/C55H40N2/c1-37-34-45(30-33-46(37)42-27-26-40-29-31-48-47-21-9-8-16-39(47)28-32-49(48)51(40)36-42)56(44-20-12-17-41(35-44)38-14-4-2-5-15-38)53-24-13-25-54-55(53)50-22-10-11-23-52(50)57(54)43-18-6-3-7-19-43/h3-4,6-36H,2,5H2,1H3. The maximum atomic E-state index is 2.47. The highest BCUT2D eigenvalue weighted by molar-refractivity contribution is 6.18. The van der Waals surface area contributed by atoms with Crippen molar-refractivity contribution in [2.75, 3.05) is 4.90 Å². The second-order valence-corrected chi connectivity index (χ2v) is 15.3. The molecule has 0 fully saturated rings. The number of nitrogens with zero attached hydrogens (tertiary/aromatic N) is 2. The number of rotatable bonds is 6. The number of aryl methyl sites for hydroxylation is 1. The first-order valence-electron chi connectivity index (χ1n) is 20.0. The van der Waals surface area contributed by atoms with Crippen molar-refractivity contribution < 1.29 is 0 Å². The van der Waals surface area contributed by atoms with Crippen LogP contribution in [0.5, 0.6) is 0 Å². The zero-order valence-electron chi connectivity index (χ0n) is 31.9. The van der Waals surface area contributed by atoms with Crippen LogP contribution in [-0.2, 0) is 0 Å². The van der Waals surface area contributed by atoms with Crippen molar-refractivity contribution in [1.29, 1.82) is 0 Å². The van der Waals surface area contributed by atoms with Crippen LogP contribution in [0.15, 0.2) is 200 Å². The van der Waals surface area contributed by atoms with E-state index < -0.39 is 0 Å². The molecule has 57 heavy (non-hydrogen) atoms. The summed E-state index contributed by atoms with van der Waals surface area (Å²) in [5, 5.41) is 10.2. The van der Waals surface area contributed by atoms with Crippen molar-refractivity contribution in [3.8, 4) is 16.8 Å². The van der Waals surface area contributed by atoms with E-state index >= 15 is 0 Å². The SMILES string of the molecule is Cc1cc(N(c2cccc(C3=CCCC=C3)c2)c2cccc3c2c2ccccc2n3-c2ccccc2)ccc1-c1ccc2ccc3c4ccccc4ccc3c2c1. The van der Waals surface area contributed by atoms with Crippen LogP contribution in [0, 0.1) is 6.92 Å². The molecular formula is C55H40N2. The van der Waals surface area contributed by atoms with Crippen molar-refractivity contribution in [3.05, 3.63) is 211 Å². The fourth-order valence-electron chi connectivity index (χ4n) is 9.22. The predicted octanol–water partition coefficient (Wildman–Crippen LogP) is 15.4. The van der Waals surface area contributed by atoms with E-state index in [9.17, 15) is 0 Å². The summed E-state index contributed by atoms with van der Waals surface area (Å²) in [4.78, 5) is 2.47. The van der Waals surface area contributed by atoms with Crippen LogP contribution >= 0.6 is 0 Å². The Morgan fingerprint density at radius 3 is 2.04 bits per heavy atom. The summed E-state index contributed by atoms with van der Waals surface area (Å²) >= 11 is 0. The van der Waals surface area contributed by atoms with Gasteiger partial charge in [-0.05, 0) is 141 Å². The molecule has 2 nitrogen and oxygen atoms in total. The molecular weight excluding hydrogens is 689 g/mol. The minimum atomic E-state index is 1.07. The lowest BCUT2D eigenvalue weighted by Gasteiger charge is -2.28. The molecule has 11 rings (SSSR count). The molecule has 0 amide bonds. The van der Waals surface area contributed by atoms with Gasteiger partial charge in [0.15, 0.2) is 0 Å². The minimum absolute atomic E-state index is 1.07. The van der Waals surface area contributed by atoms with Crippen LogP contribution < -0.4 is 4.90 Å². The number of para-hydroxylation sites is 2. The molecule has 1 aliphatic rings. The molecule has 0 radical (unpaired) electrons. The number of hydrogen-bond acceptors (Lipinski definition) is 1. The van der Waals surface area contributed by atoms with E-state index in [1.165, 1.54) is 82.0 Å². The van der Waals surface area contributed by atoms with E-state index in [-0.39, 0.29) is 0 Å². The third kappa shape index (κ3) is 5.56. The Kier molecular flexibility index (Phi) is 7.89. The number of allylic oxidation sites excluding steroid dienone is 4. The van der Waals surface area contributed by atoms with E-state index in [0.29, 0.717) is 0 Å². The van der Waals surface area contributed by atoms with Crippen LogP contribution in [0.2, 0.25) is 0 Å². The average Bonchev–Trinajstić information content (AvgIpc) is 3.62. The molecule has 0 atom stereocenters. The summed E-state index contributed by atoms with van der Waals surface area (Å²) in [6.07, 6.45) is 9.10. The lowest BCUT2D eigenvalue weighted by Crippen LogP contribution is -2.11. The van der Waals surface area contributed by atoms with Gasteiger partial charge in [0.1, 0.15) is 0 Å². The topological polar surface area (TPSA) is 8.17 Å². The number of benzene rings is 9. The molecule has 0 saturated heterocycles. The molecule has 0 bridgehead atoms. The monoisotopic (exact) mass is 728 g/mol. The molecule has 0 saturated carbocycles. The number of hydrogen-bond donors (Lipinski definition) is 0. The summed E-state index contributed by atoms with van der Waals surface area (Å²) in [6.45, 7) is 2.26. The third-order valence-electron chi connectivity index (χ3n) is 11.9. The van der Waals surface area contributed by atoms with Crippen LogP contribution in [0.4, 0.5) is 17.1 Å². The highest BCUT2D eigenvalue weighted by atomic mass is 15.1. The zero-order chi connectivity index (χ0) is 37.9. The summed E-state index contributed by atoms with van der Waals surface area (Å²) in [6, 6.07) is 67.1. The van der Waals surface area contributed by atoms with E-state index in [1.807, 2.05) is 0 Å². The quantitative estimate of drug-likeness (QED) is 0.155. The first-order valence-corrected chi connectivity index (χ1v) is 20.0. The largest absolute Gasteiger partial charge is 0.310 e. The molecule has 1 aliphatic carbocycles. The van der Waals surface area contributed by atoms with Crippen LogP contribution in [0.3, 0.4) is 0 Å². The zero-order valence-corrected chi connectivity index (χ0v) is 31.9. The molecule has 0 aliphatic heterocycles. The van der Waals surface area contributed by atoms with E-state index in [1.54, 1.807) is 0 Å². The Hall–Kier alpha value is -7.16. The predicted molar refractivity (Wildman–Crippen MR) is 245 cm³/mol. The van der Waals surface area contributed by atoms with Gasteiger partial charge >= 0.3 is 0 Å². The van der Waals surface area contributed by atoms with Gasteiger partial charge in [-0.1, -0.05) is 140 Å². The number of fused-ring (bicyclic) bond motifs is 8. The van der Waals surface area contributed by atoms with E-state index in [2.05, 4.69) is 217 Å². The van der Waals surface area contributed by atoms with Gasteiger partial charge in [0.2, 0.25) is 0 Å². The maximum absolute atomic E-state index is 2.47. The maximum Gasteiger partial charge on any atom is 0.0562 e. The van der Waals surface area contributed by atoms with Crippen LogP contribution in [-0.4, -0.2) is 4.57 Å². The second-order valence-electron chi connectivity index (χ2n) is 15.3. The summed E-state index contributed by atoms with van der Waals surface area (Å²) in [7, 11) is 0. The average molecular weight is 729 g/mol. The van der Waals surface area contributed by atoms with Gasteiger partial charge in [-0.25, -0.2) is 0 Å². The Morgan fingerprint density at radius 2 is 1.19 bits per heavy atom. The fourth-order valence-corrected chi connectivity index (χ4v) is 9.22. The number of anilines is 3. The summed E-state index contributed by atoms with van der Waals surface area (Å²) in [5.74, 6) is 0. The van der Waals surface area contributed by atoms with Crippen molar-refractivity contribution in [3.63, 3.8) is 0 Å². The Balaban J connectivity index is 1.11. The van der Waals surface area contributed by atoms with Crippen LogP contribution in [0.1, 0.15) is 24.0 Å². The third-order valence-corrected chi connectivity index (χ3v) is 11.9. The summed E-state index contributed by atoms with van der Waals surface area (Å²) < 4.78 is 2.40. The lowest BCUT2D eigenvalue weighted by atomic mass is 9.93. The highest BCUT2D eigenvalue weighted by Gasteiger charge is 2.22. The highest BCUT2D eigenvalue weighted by Crippen LogP contribution is 2.45. The minimum Gasteiger partial charge on any atom is -0.310 e. The first-order chi connectivity index (χ1) is 28.2. The fraction of sp³-hybridized carbons (Fsp3) is 0.0545. The Bertz CT molecular complexity index is 3250. The molecule has 0 N–H and O–H groups in total. The molecule has 9 aromatic carbocycles. The molecule has 10 aromatic rings. The van der Waals surface area contributed by atoms with Gasteiger partial charge in [-0.15, -0.1) is 0 Å². The van der Waals surface area contributed by atoms with Crippen molar-refractivity contribution in [2.24, 2.45) is 0 Å². The molecule has 1 aromatic heterocycles. The van der Waals surface area contributed by atoms with Gasteiger partial charge in [-0.2, -0.15) is 0 Å². The molecule has 0 unspecified atom stereocenters. The Labute approximate surface area is 332 Å². The molecule has 270 valence electrons. The van der Waals surface area contributed by atoms with Gasteiger partial charge in [0.25, 0.3) is 0 Å².